The van der Waals surface area contributed by atoms with Crippen LogP contribution >= 0.6 is 0 Å². The molecule has 84 valence electrons. The van der Waals surface area contributed by atoms with Crippen LogP contribution in [0.25, 0.3) is 0 Å². The second kappa shape index (κ2) is 6.82. The van der Waals surface area contributed by atoms with Crippen molar-refractivity contribution in [3.05, 3.63) is 0 Å². The highest BCUT2D eigenvalue weighted by atomic mass is 16.5. The Morgan fingerprint density at radius 3 is 2.21 bits per heavy atom. The summed E-state index contributed by atoms with van der Waals surface area (Å²) in [6.45, 7) is 8.83. The van der Waals surface area contributed by atoms with Crippen LogP contribution in [-0.2, 0) is 9.53 Å². The summed E-state index contributed by atoms with van der Waals surface area (Å²) in [6, 6.07) is 0. The Bertz CT molecular complexity index is 164. The predicted octanol–water partition coefficient (Wildman–Crippen LogP) is 2.55. The van der Waals surface area contributed by atoms with Gasteiger partial charge in [-0.2, -0.15) is 0 Å². The molecule has 1 atom stereocenters. The first-order valence-corrected chi connectivity index (χ1v) is 5.26. The van der Waals surface area contributed by atoms with Crippen LogP contribution in [0.15, 0.2) is 0 Å². The largest absolute Gasteiger partial charge is 0.481 e. The zero-order chi connectivity index (χ0) is 11.1. The van der Waals surface area contributed by atoms with E-state index in [9.17, 15) is 4.79 Å². The second-order valence-electron chi connectivity index (χ2n) is 4.43. The average molecular weight is 202 g/mol. The van der Waals surface area contributed by atoms with E-state index in [-0.39, 0.29) is 12.5 Å². The van der Waals surface area contributed by atoms with Gasteiger partial charge in [-0.25, -0.2) is 0 Å². The van der Waals surface area contributed by atoms with Crippen LogP contribution in [0.3, 0.4) is 0 Å². The molecule has 0 aromatic rings. The molecule has 3 heteroatoms. The van der Waals surface area contributed by atoms with Crippen molar-refractivity contribution in [2.75, 3.05) is 6.61 Å². The summed E-state index contributed by atoms with van der Waals surface area (Å²) >= 11 is 0. The molecule has 0 aromatic carbocycles. The lowest BCUT2D eigenvalue weighted by molar-refractivity contribution is -0.139. The van der Waals surface area contributed by atoms with Gasteiger partial charge >= 0.3 is 5.97 Å². The van der Waals surface area contributed by atoms with E-state index < -0.39 is 5.97 Å². The Kier molecular flexibility index (Phi) is 6.54. The maximum atomic E-state index is 10.3. The topological polar surface area (TPSA) is 46.5 Å². The number of hydrogen-bond donors (Lipinski definition) is 1. The molecule has 0 heterocycles. The minimum Gasteiger partial charge on any atom is -0.481 e. The summed E-state index contributed by atoms with van der Waals surface area (Å²) in [7, 11) is 0. The molecule has 0 bridgehead atoms. The van der Waals surface area contributed by atoms with Crippen molar-refractivity contribution < 1.29 is 14.6 Å². The van der Waals surface area contributed by atoms with Gasteiger partial charge in [-0.3, -0.25) is 4.79 Å². The molecular formula is C11H22O3. The standard InChI is InChI=1S/C11H22O3/c1-8(2)7-10(9(3)4)14-6-5-11(12)13/h8-10H,5-7H2,1-4H3,(H,12,13). The molecule has 0 aliphatic heterocycles. The molecule has 0 aliphatic rings. The number of rotatable bonds is 7. The molecule has 1 unspecified atom stereocenters. The van der Waals surface area contributed by atoms with Gasteiger partial charge in [0.05, 0.1) is 19.1 Å². The molecule has 0 aliphatic carbocycles. The van der Waals surface area contributed by atoms with Gasteiger partial charge in [-0.1, -0.05) is 27.7 Å². The molecule has 1 N–H and O–H groups in total. The molecule has 0 aromatic heterocycles. The maximum Gasteiger partial charge on any atom is 0.305 e. The number of hydrogen-bond acceptors (Lipinski definition) is 2. The van der Waals surface area contributed by atoms with Crippen LogP contribution in [0.1, 0.15) is 40.5 Å². The minimum absolute atomic E-state index is 0.0985. The summed E-state index contributed by atoms with van der Waals surface area (Å²) in [5.41, 5.74) is 0. The van der Waals surface area contributed by atoms with Crippen molar-refractivity contribution in [3.8, 4) is 0 Å². The van der Waals surface area contributed by atoms with E-state index in [1.165, 1.54) is 0 Å². The van der Waals surface area contributed by atoms with E-state index in [0.717, 1.165) is 6.42 Å². The molecule has 0 spiro atoms. The van der Waals surface area contributed by atoms with E-state index in [4.69, 9.17) is 9.84 Å². The molecule has 3 nitrogen and oxygen atoms in total. The molecule has 0 rings (SSSR count). The molecule has 0 amide bonds. The van der Waals surface area contributed by atoms with E-state index in [1.807, 2.05) is 0 Å². The average Bonchev–Trinajstić information content (AvgIpc) is 2.00. The highest BCUT2D eigenvalue weighted by Crippen LogP contribution is 2.16. The van der Waals surface area contributed by atoms with Crippen LogP contribution < -0.4 is 0 Å². The van der Waals surface area contributed by atoms with E-state index in [1.54, 1.807) is 0 Å². The zero-order valence-electron chi connectivity index (χ0n) is 9.62. The maximum absolute atomic E-state index is 10.3. The van der Waals surface area contributed by atoms with Crippen LogP contribution in [0.2, 0.25) is 0 Å². The summed E-state index contributed by atoms with van der Waals surface area (Å²) < 4.78 is 5.54. The molecule has 0 saturated heterocycles. The van der Waals surface area contributed by atoms with Crippen molar-refractivity contribution in [2.24, 2.45) is 11.8 Å². The summed E-state index contributed by atoms with van der Waals surface area (Å²) in [6.07, 6.45) is 1.29. The predicted molar refractivity (Wildman–Crippen MR) is 56.3 cm³/mol. The van der Waals surface area contributed by atoms with Crippen molar-refractivity contribution in [1.29, 1.82) is 0 Å². The lowest BCUT2D eigenvalue weighted by Crippen LogP contribution is -2.23. The fourth-order valence-electron chi connectivity index (χ4n) is 1.29. The van der Waals surface area contributed by atoms with Crippen LogP contribution in [0.5, 0.6) is 0 Å². The third-order valence-corrected chi connectivity index (χ3v) is 2.10. The third kappa shape index (κ3) is 6.89. The highest BCUT2D eigenvalue weighted by molar-refractivity contribution is 5.66. The Hall–Kier alpha value is -0.570. The monoisotopic (exact) mass is 202 g/mol. The van der Waals surface area contributed by atoms with Gasteiger partial charge in [0.1, 0.15) is 0 Å². The van der Waals surface area contributed by atoms with E-state index in [2.05, 4.69) is 27.7 Å². The lowest BCUT2D eigenvalue weighted by Gasteiger charge is -2.22. The number of carbonyl (C=O) groups is 1. The van der Waals surface area contributed by atoms with Crippen molar-refractivity contribution in [2.45, 2.75) is 46.6 Å². The zero-order valence-corrected chi connectivity index (χ0v) is 9.62. The SMILES string of the molecule is CC(C)CC(OCCC(=O)O)C(C)C. The molecule has 14 heavy (non-hydrogen) atoms. The highest BCUT2D eigenvalue weighted by Gasteiger charge is 2.15. The quantitative estimate of drug-likeness (QED) is 0.690. The third-order valence-electron chi connectivity index (χ3n) is 2.10. The Balaban J connectivity index is 3.79. The van der Waals surface area contributed by atoms with Gasteiger partial charge in [-0.05, 0) is 18.3 Å². The smallest absolute Gasteiger partial charge is 0.305 e. The fourth-order valence-corrected chi connectivity index (χ4v) is 1.29. The summed E-state index contributed by atoms with van der Waals surface area (Å²) in [5.74, 6) is 0.246. The minimum atomic E-state index is -0.794. The molecule has 0 saturated carbocycles. The molecular weight excluding hydrogens is 180 g/mol. The van der Waals surface area contributed by atoms with E-state index in [0.29, 0.717) is 18.4 Å². The first-order valence-electron chi connectivity index (χ1n) is 5.26. The summed E-state index contributed by atoms with van der Waals surface area (Å²) in [5, 5.41) is 8.47. The Labute approximate surface area is 86.5 Å². The fraction of sp³-hybridized carbons (Fsp3) is 0.909. The first kappa shape index (κ1) is 13.4. The first-order chi connectivity index (χ1) is 6.43. The number of carboxylic acid groups (broad SMARTS) is 1. The number of carboxylic acids is 1. The molecule has 0 radical (unpaired) electrons. The van der Waals surface area contributed by atoms with Gasteiger partial charge in [0.15, 0.2) is 0 Å². The van der Waals surface area contributed by atoms with Gasteiger partial charge in [0.2, 0.25) is 0 Å². The second-order valence-corrected chi connectivity index (χ2v) is 4.43. The van der Waals surface area contributed by atoms with Crippen molar-refractivity contribution in [1.82, 2.24) is 0 Å². The molecule has 0 fully saturated rings. The van der Waals surface area contributed by atoms with Crippen molar-refractivity contribution in [3.63, 3.8) is 0 Å². The van der Waals surface area contributed by atoms with Crippen LogP contribution in [0.4, 0.5) is 0 Å². The Morgan fingerprint density at radius 2 is 1.86 bits per heavy atom. The van der Waals surface area contributed by atoms with Gasteiger partial charge in [-0.15, -0.1) is 0 Å². The number of aliphatic carboxylic acids is 1. The van der Waals surface area contributed by atoms with Crippen LogP contribution in [0, 0.1) is 11.8 Å². The lowest BCUT2D eigenvalue weighted by atomic mass is 9.97. The van der Waals surface area contributed by atoms with Gasteiger partial charge < -0.3 is 9.84 Å². The Morgan fingerprint density at radius 1 is 1.29 bits per heavy atom. The normalized spacial score (nSPS) is 13.6. The van der Waals surface area contributed by atoms with Crippen molar-refractivity contribution >= 4 is 5.97 Å². The van der Waals surface area contributed by atoms with Gasteiger partial charge in [0, 0.05) is 0 Å². The van der Waals surface area contributed by atoms with Crippen LogP contribution in [-0.4, -0.2) is 23.8 Å². The summed E-state index contributed by atoms with van der Waals surface area (Å²) in [4.78, 5) is 10.3. The van der Waals surface area contributed by atoms with Gasteiger partial charge in [0.25, 0.3) is 0 Å². The van der Waals surface area contributed by atoms with E-state index >= 15 is 0 Å². The number of ether oxygens (including phenoxy) is 1.